The summed E-state index contributed by atoms with van der Waals surface area (Å²) >= 11 is 6.24. The number of hydrogen-bond acceptors (Lipinski definition) is 0. The third kappa shape index (κ3) is 5.16. The Labute approximate surface area is 130 Å². The normalized spacial score (nSPS) is 14.4. The molecule has 0 bridgehead atoms. The molecule has 1 aromatic rings. The smallest absolute Gasteiger partial charge is 0.108 e. The van der Waals surface area contributed by atoms with Crippen molar-refractivity contribution in [3.63, 3.8) is 0 Å². The zero-order chi connectivity index (χ0) is 15.0. The van der Waals surface area contributed by atoms with Gasteiger partial charge in [-0.15, -0.1) is 0 Å². The monoisotopic (exact) mass is 297 g/mol. The predicted molar refractivity (Wildman–Crippen MR) is 90.7 cm³/mol. The first-order chi connectivity index (χ1) is 9.53. The molecule has 20 heavy (non-hydrogen) atoms. The highest BCUT2D eigenvalue weighted by atomic mass is 35.5. The number of hydrogen-bond donors (Lipinski definition) is 0. The molecular weight excluding hydrogens is 266 g/mol. The molecule has 0 N–H and O–H groups in total. The molecule has 1 aromatic heterocycles. The zero-order valence-electron chi connectivity index (χ0n) is 13.8. The Morgan fingerprint density at radius 1 is 1.00 bits per heavy atom. The second kappa shape index (κ2) is 8.77. The minimum atomic E-state index is 0.299. The lowest BCUT2D eigenvalue weighted by Crippen LogP contribution is -2.21. The molecule has 1 rings (SSSR count). The summed E-state index contributed by atoms with van der Waals surface area (Å²) in [5.41, 5.74) is 1.73. The molecule has 0 aliphatic heterocycles. The van der Waals surface area contributed by atoms with Crippen molar-refractivity contribution in [1.82, 2.24) is 4.57 Å². The fourth-order valence-electron chi connectivity index (χ4n) is 2.99. The van der Waals surface area contributed by atoms with Gasteiger partial charge in [0.1, 0.15) is 5.15 Å². The molecule has 0 saturated heterocycles. The molecule has 0 radical (unpaired) electrons. The van der Waals surface area contributed by atoms with Crippen LogP contribution in [0.3, 0.4) is 0 Å². The van der Waals surface area contributed by atoms with E-state index in [9.17, 15) is 0 Å². The molecule has 1 unspecified atom stereocenters. The van der Waals surface area contributed by atoms with Crippen molar-refractivity contribution in [3.8, 4) is 0 Å². The first-order valence-corrected chi connectivity index (χ1v) is 8.73. The van der Waals surface area contributed by atoms with Crippen LogP contribution in [0.15, 0.2) is 12.3 Å². The van der Waals surface area contributed by atoms with Crippen LogP contribution < -0.4 is 0 Å². The van der Waals surface area contributed by atoms with Gasteiger partial charge in [0.05, 0.1) is 0 Å². The van der Waals surface area contributed by atoms with Crippen LogP contribution >= 0.6 is 11.6 Å². The van der Waals surface area contributed by atoms with Gasteiger partial charge in [-0.3, -0.25) is 0 Å². The Bertz CT molecular complexity index is 363. The maximum absolute atomic E-state index is 6.24. The Morgan fingerprint density at radius 3 is 2.05 bits per heavy atom. The van der Waals surface area contributed by atoms with Crippen molar-refractivity contribution in [2.45, 2.75) is 84.0 Å². The van der Waals surface area contributed by atoms with Gasteiger partial charge in [0.2, 0.25) is 0 Å². The van der Waals surface area contributed by atoms with E-state index >= 15 is 0 Å². The van der Waals surface area contributed by atoms with Crippen molar-refractivity contribution >= 4 is 11.6 Å². The van der Waals surface area contributed by atoms with Crippen LogP contribution in [0.4, 0.5) is 0 Å². The Hall–Kier alpha value is -0.430. The maximum atomic E-state index is 6.24. The molecule has 0 spiro atoms. The second-order valence-corrected chi connectivity index (χ2v) is 6.88. The SMILES string of the molecule is CCCCCCC(C)(CCCCC)c1cc(Cl)n(C)c1. The molecule has 1 heterocycles. The standard InChI is InChI=1S/C18H32ClN/c1-5-7-9-11-13-18(3,12-10-8-6-2)16-14-17(19)20(4)15-16/h14-15H,5-13H2,1-4H3. The van der Waals surface area contributed by atoms with E-state index in [1.54, 1.807) is 0 Å². The minimum absolute atomic E-state index is 0.299. The Balaban J connectivity index is 2.71. The lowest BCUT2D eigenvalue weighted by Gasteiger charge is -2.29. The lowest BCUT2D eigenvalue weighted by molar-refractivity contribution is 0.365. The number of nitrogens with zero attached hydrogens (tertiary/aromatic N) is 1. The van der Waals surface area contributed by atoms with E-state index < -0.39 is 0 Å². The number of aromatic nitrogens is 1. The van der Waals surface area contributed by atoms with Crippen LogP contribution in [0.25, 0.3) is 0 Å². The van der Waals surface area contributed by atoms with Gasteiger partial charge in [-0.1, -0.05) is 77.3 Å². The number of rotatable bonds is 10. The van der Waals surface area contributed by atoms with Gasteiger partial charge in [0.15, 0.2) is 0 Å². The summed E-state index contributed by atoms with van der Waals surface area (Å²) in [5.74, 6) is 0. The van der Waals surface area contributed by atoms with Gasteiger partial charge in [-0.2, -0.15) is 0 Å². The summed E-state index contributed by atoms with van der Waals surface area (Å²) in [4.78, 5) is 0. The maximum Gasteiger partial charge on any atom is 0.108 e. The molecule has 0 aliphatic carbocycles. The average Bonchev–Trinajstić information content (AvgIpc) is 2.76. The van der Waals surface area contributed by atoms with E-state index in [-0.39, 0.29) is 0 Å². The molecule has 0 aliphatic rings. The van der Waals surface area contributed by atoms with E-state index in [1.807, 2.05) is 11.6 Å². The first-order valence-electron chi connectivity index (χ1n) is 8.36. The highest BCUT2D eigenvalue weighted by molar-refractivity contribution is 6.29. The van der Waals surface area contributed by atoms with Crippen LogP contribution in [0.5, 0.6) is 0 Å². The third-order valence-corrected chi connectivity index (χ3v) is 4.93. The van der Waals surface area contributed by atoms with E-state index in [0.717, 1.165) is 5.15 Å². The predicted octanol–water partition coefficient (Wildman–Crippen LogP) is 6.49. The summed E-state index contributed by atoms with van der Waals surface area (Å²) < 4.78 is 2.04. The fraction of sp³-hybridized carbons (Fsp3) is 0.778. The topological polar surface area (TPSA) is 4.93 Å². The lowest BCUT2D eigenvalue weighted by atomic mass is 9.75. The van der Waals surface area contributed by atoms with Crippen molar-refractivity contribution in [1.29, 1.82) is 0 Å². The molecule has 0 aromatic carbocycles. The quantitative estimate of drug-likeness (QED) is 0.435. The first kappa shape index (κ1) is 17.6. The summed E-state index contributed by atoms with van der Waals surface area (Å²) in [7, 11) is 2.04. The largest absolute Gasteiger partial charge is 0.342 e. The molecule has 0 saturated carbocycles. The minimum Gasteiger partial charge on any atom is -0.342 e. The molecule has 1 nitrogen and oxygen atoms in total. The van der Waals surface area contributed by atoms with Gasteiger partial charge in [-0.25, -0.2) is 0 Å². The molecule has 2 heteroatoms. The molecule has 1 atom stereocenters. The van der Waals surface area contributed by atoms with Crippen LogP contribution in [0.2, 0.25) is 5.15 Å². The van der Waals surface area contributed by atoms with E-state index in [4.69, 9.17) is 11.6 Å². The second-order valence-electron chi connectivity index (χ2n) is 6.49. The van der Waals surface area contributed by atoms with Gasteiger partial charge in [-0.05, 0) is 29.9 Å². The van der Waals surface area contributed by atoms with Crippen molar-refractivity contribution < 1.29 is 0 Å². The highest BCUT2D eigenvalue weighted by Gasteiger charge is 2.27. The average molecular weight is 298 g/mol. The van der Waals surface area contributed by atoms with Crippen LogP contribution in [0.1, 0.15) is 84.1 Å². The highest BCUT2D eigenvalue weighted by Crippen LogP contribution is 2.37. The summed E-state index contributed by atoms with van der Waals surface area (Å²) in [6.45, 7) is 6.98. The zero-order valence-corrected chi connectivity index (χ0v) is 14.6. The molecule has 0 fully saturated rings. The van der Waals surface area contributed by atoms with Crippen molar-refractivity contribution in [3.05, 3.63) is 23.0 Å². The van der Waals surface area contributed by atoms with Gasteiger partial charge >= 0.3 is 0 Å². The Morgan fingerprint density at radius 2 is 1.55 bits per heavy atom. The Kier molecular flexibility index (Phi) is 7.72. The van der Waals surface area contributed by atoms with Crippen LogP contribution in [-0.4, -0.2) is 4.57 Å². The fourth-order valence-corrected chi connectivity index (χ4v) is 3.15. The van der Waals surface area contributed by atoms with Gasteiger partial charge in [0, 0.05) is 13.2 Å². The van der Waals surface area contributed by atoms with E-state index in [2.05, 4.69) is 33.0 Å². The summed E-state index contributed by atoms with van der Waals surface area (Å²) in [5, 5.41) is 0.857. The number of halogens is 1. The van der Waals surface area contributed by atoms with E-state index in [1.165, 1.54) is 63.4 Å². The number of aryl methyl sites for hydroxylation is 1. The molecule has 0 amide bonds. The van der Waals surface area contributed by atoms with Crippen LogP contribution in [-0.2, 0) is 12.5 Å². The van der Waals surface area contributed by atoms with E-state index in [0.29, 0.717) is 5.41 Å². The number of unbranched alkanes of at least 4 members (excludes halogenated alkanes) is 5. The van der Waals surface area contributed by atoms with Gasteiger partial charge < -0.3 is 4.57 Å². The molecular formula is C18H32ClN. The molecule has 116 valence electrons. The summed E-state index contributed by atoms with van der Waals surface area (Å²) in [6, 6.07) is 2.17. The van der Waals surface area contributed by atoms with Crippen molar-refractivity contribution in [2.75, 3.05) is 0 Å². The van der Waals surface area contributed by atoms with Crippen molar-refractivity contribution in [2.24, 2.45) is 7.05 Å². The summed E-state index contributed by atoms with van der Waals surface area (Å²) in [6.07, 6.45) is 14.1. The van der Waals surface area contributed by atoms with Gasteiger partial charge in [0.25, 0.3) is 0 Å². The van der Waals surface area contributed by atoms with Crippen LogP contribution in [0, 0.1) is 0 Å². The third-order valence-electron chi connectivity index (χ3n) is 4.56.